The van der Waals surface area contributed by atoms with Crippen molar-refractivity contribution in [2.24, 2.45) is 29.1 Å². The lowest BCUT2D eigenvalue weighted by Crippen LogP contribution is -2.34. The maximum atomic E-state index is 8.44. The maximum Gasteiger partial charge on any atom is 0.201 e. The summed E-state index contributed by atoms with van der Waals surface area (Å²) >= 11 is 0. The SMILES string of the molecule is CC1CC(C(=N)OC2CCCCO2)C(C(C)C(C)(C)C)C1. The van der Waals surface area contributed by atoms with Crippen LogP contribution in [0.3, 0.4) is 0 Å². The molecule has 2 fully saturated rings. The van der Waals surface area contributed by atoms with Crippen LogP contribution in [0.15, 0.2) is 0 Å². The van der Waals surface area contributed by atoms with Crippen LogP contribution in [-0.2, 0) is 9.47 Å². The summed E-state index contributed by atoms with van der Waals surface area (Å²) < 4.78 is 11.5. The predicted molar refractivity (Wildman–Crippen MR) is 86.4 cm³/mol. The summed E-state index contributed by atoms with van der Waals surface area (Å²) in [5.74, 6) is 2.62. The van der Waals surface area contributed by atoms with Crippen LogP contribution in [0.5, 0.6) is 0 Å². The Morgan fingerprint density at radius 2 is 1.95 bits per heavy atom. The molecule has 0 aromatic rings. The molecule has 0 bridgehead atoms. The third-order valence-electron chi connectivity index (χ3n) is 5.59. The van der Waals surface area contributed by atoms with Gasteiger partial charge in [-0.2, -0.15) is 0 Å². The number of nitrogens with one attached hydrogen (secondary N) is 1. The molecule has 0 amide bonds. The van der Waals surface area contributed by atoms with Crippen LogP contribution in [0, 0.1) is 34.5 Å². The normalized spacial score (nSPS) is 35.5. The summed E-state index contributed by atoms with van der Waals surface area (Å²) in [6.45, 7) is 12.4. The van der Waals surface area contributed by atoms with E-state index in [0.717, 1.165) is 32.3 Å². The van der Waals surface area contributed by atoms with Gasteiger partial charge in [-0.3, -0.25) is 5.41 Å². The second kappa shape index (κ2) is 6.68. The molecule has 1 heterocycles. The van der Waals surface area contributed by atoms with E-state index in [2.05, 4.69) is 34.6 Å². The van der Waals surface area contributed by atoms with Gasteiger partial charge in [0.1, 0.15) is 0 Å². The van der Waals surface area contributed by atoms with Gasteiger partial charge in [0.2, 0.25) is 6.29 Å². The molecule has 1 aliphatic carbocycles. The van der Waals surface area contributed by atoms with E-state index in [-0.39, 0.29) is 17.6 Å². The van der Waals surface area contributed by atoms with Crippen molar-refractivity contribution in [1.82, 2.24) is 0 Å². The highest BCUT2D eigenvalue weighted by molar-refractivity contribution is 5.76. The molecule has 122 valence electrons. The van der Waals surface area contributed by atoms with Crippen molar-refractivity contribution in [3.63, 3.8) is 0 Å². The van der Waals surface area contributed by atoms with Crippen molar-refractivity contribution < 1.29 is 9.47 Å². The smallest absolute Gasteiger partial charge is 0.201 e. The molecule has 1 saturated heterocycles. The van der Waals surface area contributed by atoms with E-state index in [1.165, 1.54) is 6.42 Å². The first-order chi connectivity index (χ1) is 9.79. The van der Waals surface area contributed by atoms with E-state index in [1.807, 2.05) is 0 Å². The predicted octanol–water partition coefficient (Wildman–Crippen LogP) is 4.85. The molecule has 1 N–H and O–H groups in total. The Labute approximate surface area is 130 Å². The zero-order valence-corrected chi connectivity index (χ0v) is 14.4. The molecule has 3 heteroatoms. The third kappa shape index (κ3) is 4.21. The molecule has 0 spiro atoms. The summed E-state index contributed by atoms with van der Waals surface area (Å²) in [5.41, 5.74) is 0.286. The van der Waals surface area contributed by atoms with Gasteiger partial charge in [0.05, 0.1) is 6.61 Å². The quantitative estimate of drug-likeness (QED) is 0.597. The number of hydrogen-bond acceptors (Lipinski definition) is 3. The third-order valence-corrected chi connectivity index (χ3v) is 5.59. The van der Waals surface area contributed by atoms with Gasteiger partial charge in [0.15, 0.2) is 5.90 Å². The van der Waals surface area contributed by atoms with Gasteiger partial charge in [0, 0.05) is 12.3 Å². The van der Waals surface area contributed by atoms with Gasteiger partial charge < -0.3 is 9.47 Å². The highest BCUT2D eigenvalue weighted by Crippen LogP contribution is 2.46. The summed E-state index contributed by atoms with van der Waals surface area (Å²) in [5, 5.41) is 8.44. The fraction of sp³-hybridized carbons (Fsp3) is 0.944. The van der Waals surface area contributed by atoms with Crippen LogP contribution in [-0.4, -0.2) is 18.8 Å². The van der Waals surface area contributed by atoms with Gasteiger partial charge in [0.25, 0.3) is 0 Å². The summed E-state index contributed by atoms with van der Waals surface area (Å²) in [7, 11) is 0. The van der Waals surface area contributed by atoms with Crippen molar-refractivity contribution >= 4 is 5.90 Å². The topological polar surface area (TPSA) is 42.3 Å². The monoisotopic (exact) mass is 295 g/mol. The van der Waals surface area contributed by atoms with Gasteiger partial charge in [-0.05, 0) is 48.9 Å². The Balaban J connectivity index is 1.99. The van der Waals surface area contributed by atoms with Gasteiger partial charge >= 0.3 is 0 Å². The molecule has 21 heavy (non-hydrogen) atoms. The lowest BCUT2D eigenvalue weighted by Gasteiger charge is -2.36. The molecule has 0 radical (unpaired) electrons. The van der Waals surface area contributed by atoms with Crippen molar-refractivity contribution in [3.05, 3.63) is 0 Å². The Kier molecular flexibility index (Phi) is 5.34. The Morgan fingerprint density at radius 3 is 2.52 bits per heavy atom. The van der Waals surface area contributed by atoms with Crippen molar-refractivity contribution in [2.45, 2.75) is 73.0 Å². The van der Waals surface area contributed by atoms with E-state index in [0.29, 0.717) is 23.7 Å². The lowest BCUT2D eigenvalue weighted by atomic mass is 9.70. The van der Waals surface area contributed by atoms with E-state index < -0.39 is 0 Å². The standard InChI is InChI=1S/C18H33NO2/c1-12-10-14(13(2)18(3,4)5)15(11-12)17(19)21-16-8-6-7-9-20-16/h12-16,19H,6-11H2,1-5H3. The summed E-state index contributed by atoms with van der Waals surface area (Å²) in [6, 6.07) is 0. The molecule has 1 aliphatic heterocycles. The molecular weight excluding hydrogens is 262 g/mol. The average Bonchev–Trinajstić information content (AvgIpc) is 2.80. The zero-order valence-electron chi connectivity index (χ0n) is 14.4. The first-order valence-electron chi connectivity index (χ1n) is 8.65. The molecule has 2 rings (SSSR count). The molecule has 3 nitrogen and oxygen atoms in total. The molecule has 0 aromatic heterocycles. The fourth-order valence-electron chi connectivity index (χ4n) is 3.86. The molecular formula is C18H33NO2. The highest BCUT2D eigenvalue weighted by atomic mass is 16.7. The van der Waals surface area contributed by atoms with Crippen molar-refractivity contribution in [3.8, 4) is 0 Å². The van der Waals surface area contributed by atoms with Crippen molar-refractivity contribution in [1.29, 1.82) is 5.41 Å². The van der Waals surface area contributed by atoms with Crippen molar-refractivity contribution in [2.75, 3.05) is 6.61 Å². The van der Waals surface area contributed by atoms with Crippen LogP contribution in [0.2, 0.25) is 0 Å². The number of ether oxygens (including phenoxy) is 2. The fourth-order valence-corrected chi connectivity index (χ4v) is 3.86. The zero-order chi connectivity index (χ0) is 15.6. The number of hydrogen-bond donors (Lipinski definition) is 1. The second-order valence-corrected chi connectivity index (χ2v) is 8.28. The van der Waals surface area contributed by atoms with Crippen LogP contribution < -0.4 is 0 Å². The van der Waals surface area contributed by atoms with Crippen LogP contribution >= 0.6 is 0 Å². The summed E-state index contributed by atoms with van der Waals surface area (Å²) in [6.07, 6.45) is 5.35. The minimum absolute atomic E-state index is 0.173. The van der Waals surface area contributed by atoms with Crippen LogP contribution in [0.1, 0.15) is 66.7 Å². The molecule has 5 atom stereocenters. The highest BCUT2D eigenvalue weighted by Gasteiger charge is 2.42. The van der Waals surface area contributed by atoms with Gasteiger partial charge in [-0.15, -0.1) is 0 Å². The first kappa shape index (κ1) is 16.8. The maximum absolute atomic E-state index is 8.44. The number of rotatable bonds is 3. The molecule has 1 saturated carbocycles. The minimum Gasteiger partial charge on any atom is -0.452 e. The minimum atomic E-state index is -0.173. The molecule has 5 unspecified atom stereocenters. The largest absolute Gasteiger partial charge is 0.452 e. The Hall–Kier alpha value is -0.570. The average molecular weight is 295 g/mol. The van der Waals surface area contributed by atoms with Crippen LogP contribution in [0.4, 0.5) is 0 Å². The van der Waals surface area contributed by atoms with Crippen LogP contribution in [0.25, 0.3) is 0 Å². The van der Waals surface area contributed by atoms with E-state index in [9.17, 15) is 0 Å². The Bertz CT molecular complexity index is 355. The van der Waals surface area contributed by atoms with E-state index >= 15 is 0 Å². The Morgan fingerprint density at radius 1 is 1.24 bits per heavy atom. The van der Waals surface area contributed by atoms with Gasteiger partial charge in [-0.25, -0.2) is 0 Å². The second-order valence-electron chi connectivity index (χ2n) is 8.28. The molecule has 2 aliphatic rings. The first-order valence-corrected chi connectivity index (χ1v) is 8.65. The van der Waals surface area contributed by atoms with E-state index in [4.69, 9.17) is 14.9 Å². The van der Waals surface area contributed by atoms with Gasteiger partial charge in [-0.1, -0.05) is 34.6 Å². The lowest BCUT2D eigenvalue weighted by molar-refractivity contribution is -0.117. The molecule has 0 aromatic carbocycles. The van der Waals surface area contributed by atoms with E-state index in [1.54, 1.807) is 0 Å². The summed E-state index contributed by atoms with van der Waals surface area (Å²) in [4.78, 5) is 0.